The Morgan fingerprint density at radius 3 is 3.17 bits per heavy atom. The zero-order chi connectivity index (χ0) is 12.5. The molecule has 4 heteroatoms. The first-order valence-corrected chi connectivity index (χ1v) is 6.18. The van der Waals surface area contributed by atoms with E-state index in [1.807, 2.05) is 12.1 Å². The predicted octanol–water partition coefficient (Wildman–Crippen LogP) is 1.61. The van der Waals surface area contributed by atoms with Gasteiger partial charge in [-0.1, -0.05) is 30.9 Å². The second-order valence-electron chi connectivity index (χ2n) is 4.69. The van der Waals surface area contributed by atoms with Gasteiger partial charge in [0.1, 0.15) is 12.6 Å². The van der Waals surface area contributed by atoms with Gasteiger partial charge in [0, 0.05) is 11.6 Å². The fraction of sp³-hybridized carbons (Fsp3) is 0.357. The van der Waals surface area contributed by atoms with E-state index < -0.39 is 0 Å². The van der Waals surface area contributed by atoms with E-state index in [4.69, 9.17) is 4.74 Å². The van der Waals surface area contributed by atoms with E-state index in [-0.39, 0.29) is 24.8 Å². The summed E-state index contributed by atoms with van der Waals surface area (Å²) in [5.41, 5.74) is 2.45. The lowest BCUT2D eigenvalue weighted by Gasteiger charge is -2.13. The molecule has 1 aromatic rings. The molecule has 1 fully saturated rings. The van der Waals surface area contributed by atoms with E-state index in [2.05, 4.69) is 29.3 Å². The molecule has 3 unspecified atom stereocenters. The molecule has 0 amide bonds. The van der Waals surface area contributed by atoms with Crippen LogP contribution in [0.25, 0.3) is 0 Å². The number of carbonyl (C=O) groups excluding carboxylic acids is 1. The summed E-state index contributed by atoms with van der Waals surface area (Å²) in [7, 11) is 0. The van der Waals surface area contributed by atoms with E-state index in [1.54, 1.807) is 6.08 Å². The molecule has 2 aliphatic heterocycles. The number of fused-ring (bicyclic) bond motifs is 3. The van der Waals surface area contributed by atoms with Crippen LogP contribution in [0.2, 0.25) is 0 Å². The Labute approximate surface area is 106 Å². The summed E-state index contributed by atoms with van der Waals surface area (Å²) in [6, 6.07) is 8.02. The third-order valence-electron chi connectivity index (χ3n) is 3.57. The van der Waals surface area contributed by atoms with Gasteiger partial charge in [-0.2, -0.15) is 0 Å². The van der Waals surface area contributed by atoms with Crippen molar-refractivity contribution in [2.45, 2.75) is 24.5 Å². The molecule has 0 aromatic heterocycles. The number of rotatable bonds is 3. The van der Waals surface area contributed by atoms with Gasteiger partial charge in [0.25, 0.3) is 0 Å². The number of nitrogens with one attached hydrogen (secondary N) is 2. The van der Waals surface area contributed by atoms with Gasteiger partial charge in [-0.05, 0) is 18.1 Å². The zero-order valence-corrected chi connectivity index (χ0v) is 10.1. The highest BCUT2D eigenvalue weighted by molar-refractivity contribution is 5.77. The molecule has 2 aliphatic rings. The highest BCUT2D eigenvalue weighted by Crippen LogP contribution is 2.41. The van der Waals surface area contributed by atoms with Gasteiger partial charge in [0.15, 0.2) is 0 Å². The Morgan fingerprint density at radius 2 is 2.33 bits per heavy atom. The fourth-order valence-corrected chi connectivity index (χ4v) is 2.76. The van der Waals surface area contributed by atoms with E-state index in [0.29, 0.717) is 5.92 Å². The van der Waals surface area contributed by atoms with Crippen LogP contribution in [-0.4, -0.2) is 24.8 Å². The molecule has 0 saturated carbocycles. The lowest BCUT2D eigenvalue weighted by atomic mass is 9.96. The lowest BCUT2D eigenvalue weighted by molar-refractivity contribution is -0.144. The van der Waals surface area contributed by atoms with Crippen LogP contribution < -0.4 is 10.6 Å². The summed E-state index contributed by atoms with van der Waals surface area (Å²) in [5.74, 6) is 0.158. The van der Waals surface area contributed by atoms with Crippen LogP contribution in [0.5, 0.6) is 0 Å². The fourth-order valence-electron chi connectivity index (χ4n) is 2.76. The van der Waals surface area contributed by atoms with Crippen LogP contribution in [0.4, 0.5) is 5.69 Å². The van der Waals surface area contributed by atoms with Gasteiger partial charge >= 0.3 is 5.97 Å². The maximum Gasteiger partial charge on any atom is 0.323 e. The van der Waals surface area contributed by atoms with E-state index in [1.165, 1.54) is 5.56 Å². The van der Waals surface area contributed by atoms with Crippen LogP contribution in [-0.2, 0) is 9.53 Å². The first-order valence-electron chi connectivity index (χ1n) is 6.18. The molecule has 0 spiro atoms. The minimum absolute atomic E-state index is 0.142. The monoisotopic (exact) mass is 244 g/mol. The van der Waals surface area contributed by atoms with Crippen LogP contribution in [0.3, 0.4) is 0 Å². The van der Waals surface area contributed by atoms with Crippen molar-refractivity contribution < 1.29 is 9.53 Å². The van der Waals surface area contributed by atoms with Gasteiger partial charge in [-0.3, -0.25) is 10.1 Å². The number of hydrogen-bond acceptors (Lipinski definition) is 4. The van der Waals surface area contributed by atoms with Gasteiger partial charge in [0.2, 0.25) is 0 Å². The molecule has 0 bridgehead atoms. The van der Waals surface area contributed by atoms with E-state index in [0.717, 1.165) is 12.1 Å². The van der Waals surface area contributed by atoms with Crippen molar-refractivity contribution >= 4 is 11.7 Å². The normalized spacial score (nSPS) is 28.1. The number of esters is 1. The number of para-hydroxylation sites is 1. The van der Waals surface area contributed by atoms with Crippen molar-refractivity contribution in [2.24, 2.45) is 0 Å². The smallest absolute Gasteiger partial charge is 0.323 e. The minimum Gasteiger partial charge on any atom is -0.460 e. The van der Waals surface area contributed by atoms with Crippen molar-refractivity contribution in [1.82, 2.24) is 5.32 Å². The van der Waals surface area contributed by atoms with Crippen molar-refractivity contribution in [3.8, 4) is 0 Å². The van der Waals surface area contributed by atoms with Crippen LogP contribution >= 0.6 is 0 Å². The molecule has 4 nitrogen and oxygen atoms in total. The quantitative estimate of drug-likeness (QED) is 0.626. The van der Waals surface area contributed by atoms with Crippen LogP contribution in [0.1, 0.15) is 17.9 Å². The van der Waals surface area contributed by atoms with Crippen LogP contribution in [0, 0.1) is 0 Å². The maximum atomic E-state index is 11.8. The second kappa shape index (κ2) is 4.46. The molecule has 18 heavy (non-hydrogen) atoms. The predicted molar refractivity (Wildman–Crippen MR) is 69.3 cm³/mol. The molecule has 0 radical (unpaired) electrons. The van der Waals surface area contributed by atoms with Crippen molar-refractivity contribution in [3.63, 3.8) is 0 Å². The van der Waals surface area contributed by atoms with E-state index >= 15 is 0 Å². The van der Waals surface area contributed by atoms with Gasteiger partial charge in [-0.25, -0.2) is 0 Å². The number of anilines is 1. The highest BCUT2D eigenvalue weighted by atomic mass is 16.5. The molecule has 3 atom stereocenters. The molecule has 2 heterocycles. The van der Waals surface area contributed by atoms with Gasteiger partial charge < -0.3 is 10.1 Å². The van der Waals surface area contributed by atoms with Crippen molar-refractivity contribution in [1.29, 1.82) is 0 Å². The maximum absolute atomic E-state index is 11.8. The average molecular weight is 244 g/mol. The summed E-state index contributed by atoms with van der Waals surface area (Å²) in [5, 5.41) is 6.69. The molecule has 1 saturated heterocycles. The van der Waals surface area contributed by atoms with E-state index in [9.17, 15) is 4.79 Å². The first kappa shape index (κ1) is 11.3. The standard InChI is InChI=1S/C14H16N2O2/c1-2-7-18-14(17)12-8-10-9-5-3-4-6-11(9)15-13(10)16-12/h2-6,10,12-13,15-16H,1,7-8H2. The Bertz CT molecular complexity index is 486. The topological polar surface area (TPSA) is 50.4 Å². The van der Waals surface area contributed by atoms with Gasteiger partial charge in [0.05, 0.1) is 6.17 Å². The Balaban J connectivity index is 1.71. The number of benzene rings is 1. The molecule has 2 N–H and O–H groups in total. The highest BCUT2D eigenvalue weighted by Gasteiger charge is 2.43. The molecular formula is C14H16N2O2. The second-order valence-corrected chi connectivity index (χ2v) is 4.69. The van der Waals surface area contributed by atoms with Crippen molar-refractivity contribution in [2.75, 3.05) is 11.9 Å². The molecular weight excluding hydrogens is 228 g/mol. The summed E-state index contributed by atoms with van der Waals surface area (Å²) in [6.07, 6.45) is 2.51. The number of hydrogen-bond donors (Lipinski definition) is 2. The number of carbonyl (C=O) groups is 1. The lowest BCUT2D eigenvalue weighted by Crippen LogP contribution is -2.39. The minimum atomic E-state index is -0.221. The van der Waals surface area contributed by atoms with Crippen molar-refractivity contribution in [3.05, 3.63) is 42.5 Å². The first-order chi connectivity index (χ1) is 8.79. The molecule has 1 aromatic carbocycles. The Morgan fingerprint density at radius 1 is 1.50 bits per heavy atom. The summed E-state index contributed by atoms with van der Waals surface area (Å²) >= 11 is 0. The average Bonchev–Trinajstić information content (AvgIpc) is 2.93. The summed E-state index contributed by atoms with van der Waals surface area (Å²) in [6.45, 7) is 3.81. The molecule has 94 valence electrons. The SMILES string of the molecule is C=CCOC(=O)C1CC2c3ccccc3NC2N1. The number of ether oxygens (including phenoxy) is 1. The molecule has 0 aliphatic carbocycles. The zero-order valence-electron chi connectivity index (χ0n) is 10.1. The Hall–Kier alpha value is -1.81. The van der Waals surface area contributed by atoms with Crippen LogP contribution in [0.15, 0.2) is 36.9 Å². The molecule has 3 rings (SSSR count). The summed E-state index contributed by atoms with van der Waals surface area (Å²) in [4.78, 5) is 11.8. The van der Waals surface area contributed by atoms with Gasteiger partial charge in [-0.15, -0.1) is 0 Å². The largest absolute Gasteiger partial charge is 0.460 e. The third-order valence-corrected chi connectivity index (χ3v) is 3.57. The Kier molecular flexibility index (Phi) is 2.80. The third kappa shape index (κ3) is 1.78. The summed E-state index contributed by atoms with van der Waals surface area (Å²) < 4.78 is 5.08.